The van der Waals surface area contributed by atoms with Gasteiger partial charge in [0.1, 0.15) is 5.84 Å². The minimum absolute atomic E-state index is 0.260. The van der Waals surface area contributed by atoms with E-state index in [1.807, 2.05) is 12.1 Å². The van der Waals surface area contributed by atoms with Gasteiger partial charge in [0.05, 0.1) is 0 Å². The van der Waals surface area contributed by atoms with E-state index in [2.05, 4.69) is 25.1 Å². The molecule has 0 aliphatic carbocycles. The first kappa shape index (κ1) is 15.3. The molecule has 0 amide bonds. The third-order valence-corrected chi connectivity index (χ3v) is 3.39. The molecule has 0 heterocycles. The highest BCUT2D eigenvalue weighted by Crippen LogP contribution is 2.16. The minimum Gasteiger partial charge on any atom is -0.283 e. The predicted molar refractivity (Wildman–Crippen MR) is 78.8 cm³/mol. The molecule has 0 saturated heterocycles. The van der Waals surface area contributed by atoms with Crippen LogP contribution in [-0.4, -0.2) is 17.9 Å². The molecule has 104 valence electrons. The van der Waals surface area contributed by atoms with E-state index in [1.54, 1.807) is 7.05 Å². The molecule has 0 fully saturated rings. The quantitative estimate of drug-likeness (QED) is 0.248. The monoisotopic (exact) mass is 260 g/mol. The van der Waals surface area contributed by atoms with Crippen molar-refractivity contribution < 1.29 is 0 Å². The van der Waals surface area contributed by atoms with Crippen molar-refractivity contribution in [2.75, 3.05) is 7.05 Å². The first-order valence-corrected chi connectivity index (χ1v) is 6.89. The van der Waals surface area contributed by atoms with E-state index in [0.29, 0.717) is 0 Å². The summed E-state index contributed by atoms with van der Waals surface area (Å²) < 4.78 is 0. The Morgan fingerprint density at radius 3 is 2.58 bits per heavy atom. The maximum absolute atomic E-state index is 7.91. The van der Waals surface area contributed by atoms with Gasteiger partial charge in [-0.25, -0.2) is 5.01 Å². The molecule has 19 heavy (non-hydrogen) atoms. The molecule has 0 aromatic heterocycles. The Morgan fingerprint density at radius 1 is 1.26 bits per heavy atom. The first-order chi connectivity index (χ1) is 9.10. The molecule has 1 rings (SSSR count). The van der Waals surface area contributed by atoms with Gasteiger partial charge < -0.3 is 0 Å². The van der Waals surface area contributed by atoms with Crippen molar-refractivity contribution in [1.29, 1.82) is 10.9 Å². The van der Waals surface area contributed by atoms with Gasteiger partial charge >= 0.3 is 0 Å². The maximum atomic E-state index is 7.91. The normalized spacial score (nSPS) is 10.3. The molecule has 1 aromatic carbocycles. The van der Waals surface area contributed by atoms with E-state index >= 15 is 0 Å². The zero-order valence-corrected chi connectivity index (χ0v) is 12.2. The Labute approximate surface area is 115 Å². The first-order valence-electron chi connectivity index (χ1n) is 6.89. The Balaban J connectivity index is 2.69. The second kappa shape index (κ2) is 7.67. The third-order valence-electron chi connectivity index (χ3n) is 3.39. The summed E-state index contributed by atoms with van der Waals surface area (Å²) in [5, 5.41) is 12.4. The Bertz CT molecular complexity index is 440. The summed E-state index contributed by atoms with van der Waals surface area (Å²) in [5.41, 5.74) is 10.3. The van der Waals surface area contributed by atoms with Crippen LogP contribution >= 0.6 is 0 Å². The molecule has 0 saturated carbocycles. The topological polar surface area (TPSA) is 63.3 Å². The standard InChI is InChI=1S/C15H24N4/c1-4-5-6-7-8-13-9-10-14(11-12(13)2)15(16)19(3)18-17/h9-11,16-17H,4-8H2,1-3H3. The fraction of sp³-hybridized carbons (Fsp3) is 0.533. The van der Waals surface area contributed by atoms with Crippen LogP contribution in [0.3, 0.4) is 0 Å². The lowest BCUT2D eigenvalue weighted by molar-refractivity contribution is 0.486. The highest BCUT2D eigenvalue weighted by atomic mass is 15.5. The largest absolute Gasteiger partial charge is 0.283 e. The van der Waals surface area contributed by atoms with Crippen LogP contribution in [0.15, 0.2) is 23.4 Å². The van der Waals surface area contributed by atoms with E-state index < -0.39 is 0 Å². The van der Waals surface area contributed by atoms with Crippen molar-refractivity contribution in [3.63, 3.8) is 0 Å². The Morgan fingerprint density at radius 2 is 2.00 bits per heavy atom. The average Bonchev–Trinajstić information content (AvgIpc) is 2.43. The molecule has 0 radical (unpaired) electrons. The summed E-state index contributed by atoms with van der Waals surface area (Å²) >= 11 is 0. The van der Waals surface area contributed by atoms with Gasteiger partial charge in [-0.05, 0) is 37.0 Å². The van der Waals surface area contributed by atoms with Crippen molar-refractivity contribution in [2.24, 2.45) is 5.22 Å². The van der Waals surface area contributed by atoms with E-state index in [1.165, 1.54) is 41.8 Å². The summed E-state index contributed by atoms with van der Waals surface area (Å²) in [4.78, 5) is 0. The lowest BCUT2D eigenvalue weighted by Gasteiger charge is -2.14. The number of unbranched alkanes of at least 4 members (excludes halogenated alkanes) is 3. The second-order valence-electron chi connectivity index (χ2n) is 4.92. The van der Waals surface area contributed by atoms with E-state index in [-0.39, 0.29) is 5.84 Å². The van der Waals surface area contributed by atoms with Crippen LogP contribution in [0.2, 0.25) is 0 Å². The lowest BCUT2D eigenvalue weighted by Crippen LogP contribution is -2.20. The molecule has 0 aliphatic heterocycles. The third kappa shape index (κ3) is 4.47. The van der Waals surface area contributed by atoms with E-state index in [0.717, 1.165) is 12.0 Å². The van der Waals surface area contributed by atoms with Crippen LogP contribution in [0, 0.1) is 17.9 Å². The number of nitrogens with one attached hydrogen (secondary N) is 2. The molecule has 0 spiro atoms. The smallest absolute Gasteiger partial charge is 0.149 e. The number of amidine groups is 1. The van der Waals surface area contributed by atoms with Crippen LogP contribution in [0.25, 0.3) is 0 Å². The van der Waals surface area contributed by atoms with Crippen molar-refractivity contribution in [2.45, 2.75) is 46.0 Å². The minimum atomic E-state index is 0.260. The van der Waals surface area contributed by atoms with E-state index in [4.69, 9.17) is 10.9 Å². The number of nitrogens with zero attached hydrogens (tertiary/aromatic N) is 2. The molecule has 4 nitrogen and oxygen atoms in total. The van der Waals surface area contributed by atoms with Gasteiger partial charge in [-0.3, -0.25) is 5.41 Å². The maximum Gasteiger partial charge on any atom is 0.149 e. The molecular weight excluding hydrogens is 236 g/mol. The highest BCUT2D eigenvalue weighted by Gasteiger charge is 2.08. The molecule has 4 heteroatoms. The molecule has 2 N–H and O–H groups in total. The van der Waals surface area contributed by atoms with Crippen LogP contribution in [0.5, 0.6) is 0 Å². The SMILES string of the molecule is CCCCCCc1ccc(C(=N)N(C)N=N)cc1C. The van der Waals surface area contributed by atoms with Gasteiger partial charge in [-0.1, -0.05) is 43.5 Å². The molecule has 0 bridgehead atoms. The fourth-order valence-electron chi connectivity index (χ4n) is 2.10. The number of benzene rings is 1. The Kier molecular flexibility index (Phi) is 6.19. The second-order valence-corrected chi connectivity index (χ2v) is 4.92. The molecule has 1 aromatic rings. The number of hydrogen-bond donors (Lipinski definition) is 2. The van der Waals surface area contributed by atoms with Gasteiger partial charge in [-0.2, -0.15) is 5.53 Å². The Hall–Kier alpha value is -1.71. The van der Waals surface area contributed by atoms with Crippen LogP contribution < -0.4 is 0 Å². The predicted octanol–water partition coefficient (Wildman–Crippen LogP) is 4.32. The molecule has 0 atom stereocenters. The van der Waals surface area contributed by atoms with E-state index in [9.17, 15) is 0 Å². The van der Waals surface area contributed by atoms with Gasteiger partial charge in [0, 0.05) is 12.6 Å². The van der Waals surface area contributed by atoms with Crippen LogP contribution in [0.4, 0.5) is 0 Å². The lowest BCUT2D eigenvalue weighted by atomic mass is 9.99. The van der Waals surface area contributed by atoms with Gasteiger partial charge in [-0.15, -0.1) is 0 Å². The summed E-state index contributed by atoms with van der Waals surface area (Å²) in [7, 11) is 1.61. The van der Waals surface area contributed by atoms with Crippen molar-refractivity contribution in [3.05, 3.63) is 34.9 Å². The zero-order chi connectivity index (χ0) is 14.3. The summed E-state index contributed by atoms with van der Waals surface area (Å²) in [5.74, 6) is 0.260. The van der Waals surface area contributed by atoms with Gasteiger partial charge in [0.2, 0.25) is 0 Å². The van der Waals surface area contributed by atoms with Crippen molar-refractivity contribution in [3.8, 4) is 0 Å². The van der Waals surface area contributed by atoms with Crippen molar-refractivity contribution >= 4 is 5.84 Å². The fourth-order valence-corrected chi connectivity index (χ4v) is 2.10. The molecular formula is C15H24N4. The number of hydrogen-bond acceptors (Lipinski definition) is 3. The van der Waals surface area contributed by atoms with Crippen LogP contribution in [0.1, 0.15) is 49.3 Å². The van der Waals surface area contributed by atoms with Gasteiger partial charge in [0.15, 0.2) is 0 Å². The van der Waals surface area contributed by atoms with Gasteiger partial charge in [0.25, 0.3) is 0 Å². The number of rotatable bonds is 7. The summed E-state index contributed by atoms with van der Waals surface area (Å²) in [6.45, 7) is 4.31. The van der Waals surface area contributed by atoms with Crippen molar-refractivity contribution in [1.82, 2.24) is 5.01 Å². The summed E-state index contributed by atoms with van der Waals surface area (Å²) in [6.07, 6.45) is 6.19. The average molecular weight is 260 g/mol. The summed E-state index contributed by atoms with van der Waals surface area (Å²) in [6, 6.07) is 6.06. The molecule has 0 aliphatic rings. The molecule has 0 unspecified atom stereocenters. The van der Waals surface area contributed by atoms with Crippen LogP contribution in [-0.2, 0) is 6.42 Å². The highest BCUT2D eigenvalue weighted by molar-refractivity contribution is 5.96. The zero-order valence-electron chi connectivity index (χ0n) is 12.2. The number of aryl methyl sites for hydroxylation is 2.